The summed E-state index contributed by atoms with van der Waals surface area (Å²) in [7, 11) is 0. The van der Waals surface area contributed by atoms with Crippen LogP contribution in [0.3, 0.4) is 0 Å². The van der Waals surface area contributed by atoms with Crippen molar-refractivity contribution in [1.29, 1.82) is 0 Å². The molecular formula is C33H50O8. The molecule has 4 rings (SSSR count). The molecule has 41 heavy (non-hydrogen) atoms. The third-order valence-electron chi connectivity index (χ3n) is 11.0. The molecule has 4 aliphatic carbocycles. The van der Waals surface area contributed by atoms with Crippen molar-refractivity contribution >= 4 is 23.7 Å². The average molecular weight is 575 g/mol. The molecule has 0 heterocycles. The van der Waals surface area contributed by atoms with Gasteiger partial charge in [-0.3, -0.25) is 19.2 Å². The fraction of sp³-hybridized carbons (Fsp3) is 0.818. The molecule has 0 aromatic carbocycles. The summed E-state index contributed by atoms with van der Waals surface area (Å²) < 4.78 is 17.3. The van der Waals surface area contributed by atoms with Gasteiger partial charge >= 0.3 is 17.9 Å². The standard InChI is InChI=1S/C33H50O8/c1-18(2)10-9-11-19(3)24-12-13-25-27-28(26(37)17-31(24,25)7)32(8)15-14-23(39-20(4)34)16-33(32,38)30(41-22(6)36)29(27)40-21(5)35/h18-19,23-25,29-30,38H,9-17H2,1-8H3/t19-,23+,24-,25+,29+,30-,31-,32-,33+/m1/s1. The zero-order chi connectivity index (χ0) is 30.5. The van der Waals surface area contributed by atoms with E-state index in [1.807, 2.05) is 6.92 Å². The van der Waals surface area contributed by atoms with Crippen LogP contribution in [0.15, 0.2) is 11.1 Å². The topological polar surface area (TPSA) is 116 Å². The summed E-state index contributed by atoms with van der Waals surface area (Å²) in [4.78, 5) is 51.2. The van der Waals surface area contributed by atoms with Gasteiger partial charge < -0.3 is 19.3 Å². The molecule has 0 radical (unpaired) electrons. The lowest BCUT2D eigenvalue weighted by molar-refractivity contribution is -0.235. The van der Waals surface area contributed by atoms with Crippen LogP contribution in [0.1, 0.15) is 113 Å². The van der Waals surface area contributed by atoms with Crippen LogP contribution in [-0.4, -0.2) is 52.7 Å². The molecule has 0 aromatic rings. The van der Waals surface area contributed by atoms with E-state index in [9.17, 15) is 24.3 Å². The van der Waals surface area contributed by atoms with Gasteiger partial charge in [-0.25, -0.2) is 0 Å². The Morgan fingerprint density at radius 2 is 1.56 bits per heavy atom. The Morgan fingerprint density at radius 1 is 0.927 bits per heavy atom. The molecule has 0 aromatic heterocycles. The zero-order valence-electron chi connectivity index (χ0n) is 26.2. The fourth-order valence-electron chi connectivity index (χ4n) is 9.25. The molecule has 2 saturated carbocycles. The molecule has 0 aliphatic heterocycles. The maximum Gasteiger partial charge on any atom is 0.303 e. The minimum absolute atomic E-state index is 0.0229. The second kappa shape index (κ2) is 11.5. The molecule has 4 aliphatic rings. The Morgan fingerprint density at radius 3 is 2.15 bits per heavy atom. The Labute approximate surface area is 244 Å². The van der Waals surface area contributed by atoms with Gasteiger partial charge in [-0.2, -0.15) is 0 Å². The van der Waals surface area contributed by atoms with Crippen molar-refractivity contribution in [3.8, 4) is 0 Å². The number of Topliss-reactive ketones (excluding diaryl/α,β-unsaturated/α-hetero) is 1. The number of esters is 3. The van der Waals surface area contributed by atoms with Gasteiger partial charge in [0.15, 0.2) is 18.0 Å². The summed E-state index contributed by atoms with van der Waals surface area (Å²) in [6, 6.07) is 0. The number of carbonyl (C=O) groups excluding carboxylic acids is 4. The first-order valence-corrected chi connectivity index (χ1v) is 15.6. The molecule has 230 valence electrons. The highest BCUT2D eigenvalue weighted by Gasteiger charge is 2.70. The van der Waals surface area contributed by atoms with Gasteiger partial charge in [-0.1, -0.05) is 53.9 Å². The highest BCUT2D eigenvalue weighted by molar-refractivity contribution is 6.00. The second-order valence-electron chi connectivity index (χ2n) is 14.3. The first-order valence-electron chi connectivity index (χ1n) is 15.6. The van der Waals surface area contributed by atoms with E-state index in [2.05, 4.69) is 27.7 Å². The minimum Gasteiger partial charge on any atom is -0.462 e. The van der Waals surface area contributed by atoms with E-state index in [-0.39, 0.29) is 23.5 Å². The van der Waals surface area contributed by atoms with Crippen molar-refractivity contribution in [2.24, 2.45) is 34.5 Å². The first-order chi connectivity index (χ1) is 19.0. The third kappa shape index (κ3) is 5.50. The number of hydrogen-bond acceptors (Lipinski definition) is 8. The van der Waals surface area contributed by atoms with Crippen LogP contribution in [0.25, 0.3) is 0 Å². The summed E-state index contributed by atoms with van der Waals surface area (Å²) in [5.41, 5.74) is -1.89. The Hall–Kier alpha value is -2.22. The van der Waals surface area contributed by atoms with Crippen molar-refractivity contribution < 1.29 is 38.5 Å². The fourth-order valence-corrected chi connectivity index (χ4v) is 9.25. The summed E-state index contributed by atoms with van der Waals surface area (Å²) >= 11 is 0. The number of ether oxygens (including phenoxy) is 3. The Kier molecular flexibility index (Phi) is 8.86. The van der Waals surface area contributed by atoms with E-state index in [1.54, 1.807) is 0 Å². The quantitative estimate of drug-likeness (QED) is 0.299. The summed E-state index contributed by atoms with van der Waals surface area (Å²) in [5, 5.41) is 12.5. The number of carbonyl (C=O) groups is 4. The van der Waals surface area contributed by atoms with Gasteiger partial charge in [0.2, 0.25) is 0 Å². The summed E-state index contributed by atoms with van der Waals surface area (Å²) in [5.74, 6) is -0.306. The van der Waals surface area contributed by atoms with E-state index >= 15 is 0 Å². The molecule has 0 bridgehead atoms. The van der Waals surface area contributed by atoms with E-state index in [4.69, 9.17) is 14.2 Å². The molecule has 0 amide bonds. The van der Waals surface area contributed by atoms with Gasteiger partial charge in [0.05, 0.1) is 0 Å². The molecule has 0 saturated heterocycles. The van der Waals surface area contributed by atoms with Crippen molar-refractivity contribution in [2.75, 3.05) is 0 Å². The molecule has 8 nitrogen and oxygen atoms in total. The van der Waals surface area contributed by atoms with Gasteiger partial charge in [-0.15, -0.1) is 0 Å². The number of ketones is 1. The molecule has 8 heteroatoms. The maximum atomic E-state index is 14.4. The van der Waals surface area contributed by atoms with Crippen molar-refractivity contribution in [3.05, 3.63) is 11.1 Å². The van der Waals surface area contributed by atoms with Crippen LogP contribution in [0, 0.1) is 34.5 Å². The molecule has 0 spiro atoms. The molecule has 0 unspecified atom stereocenters. The van der Waals surface area contributed by atoms with E-state index in [1.165, 1.54) is 27.2 Å². The highest BCUT2D eigenvalue weighted by atomic mass is 16.6. The maximum absolute atomic E-state index is 14.4. The Balaban J connectivity index is 1.83. The molecule has 1 N–H and O–H groups in total. The Bertz CT molecular complexity index is 1110. The van der Waals surface area contributed by atoms with Crippen LogP contribution in [0.2, 0.25) is 0 Å². The minimum atomic E-state index is -1.78. The zero-order valence-corrected chi connectivity index (χ0v) is 26.2. The van der Waals surface area contributed by atoms with Gasteiger partial charge in [0, 0.05) is 44.6 Å². The van der Waals surface area contributed by atoms with E-state index in [0.29, 0.717) is 42.6 Å². The lowest BCUT2D eigenvalue weighted by Crippen LogP contribution is -2.70. The largest absolute Gasteiger partial charge is 0.462 e. The molecular weight excluding hydrogens is 524 g/mol. The van der Waals surface area contributed by atoms with Crippen molar-refractivity contribution in [3.63, 3.8) is 0 Å². The predicted molar refractivity (Wildman–Crippen MR) is 152 cm³/mol. The lowest BCUT2D eigenvalue weighted by atomic mass is 9.47. The number of aliphatic hydroxyl groups is 1. The number of fused-ring (bicyclic) bond motifs is 4. The van der Waals surface area contributed by atoms with Crippen LogP contribution in [-0.2, 0) is 33.4 Å². The summed E-state index contributed by atoms with van der Waals surface area (Å²) in [6.07, 6.45) is 3.48. The van der Waals surface area contributed by atoms with Gasteiger partial charge in [-0.05, 0) is 60.3 Å². The van der Waals surface area contributed by atoms with Crippen LogP contribution in [0.5, 0.6) is 0 Å². The monoisotopic (exact) mass is 574 g/mol. The third-order valence-corrected chi connectivity index (χ3v) is 11.0. The van der Waals surface area contributed by atoms with Crippen LogP contribution >= 0.6 is 0 Å². The smallest absolute Gasteiger partial charge is 0.303 e. The van der Waals surface area contributed by atoms with Crippen LogP contribution in [0.4, 0.5) is 0 Å². The lowest BCUT2D eigenvalue weighted by Gasteiger charge is -2.61. The van der Waals surface area contributed by atoms with Gasteiger partial charge in [0.25, 0.3) is 0 Å². The van der Waals surface area contributed by atoms with E-state index < -0.39 is 47.2 Å². The second-order valence-corrected chi connectivity index (χ2v) is 14.3. The molecule has 2 fully saturated rings. The normalized spacial score (nSPS) is 39.0. The van der Waals surface area contributed by atoms with Crippen molar-refractivity contribution in [1.82, 2.24) is 0 Å². The number of hydrogen-bond donors (Lipinski definition) is 1. The molecule has 9 atom stereocenters. The first kappa shape index (κ1) is 31.7. The number of rotatable bonds is 8. The average Bonchev–Trinajstić information content (AvgIpc) is 3.17. The van der Waals surface area contributed by atoms with Gasteiger partial charge in [0.1, 0.15) is 11.7 Å². The predicted octanol–water partition coefficient (Wildman–Crippen LogP) is 5.48. The van der Waals surface area contributed by atoms with E-state index in [0.717, 1.165) is 31.3 Å². The van der Waals surface area contributed by atoms with Crippen molar-refractivity contribution in [2.45, 2.75) is 137 Å². The van der Waals surface area contributed by atoms with Crippen LogP contribution < -0.4 is 0 Å². The SMILES string of the molecule is CC(=O)O[C@H]1CC[C@]2(C)C3=C([C@H](OC(C)=O)[C@@H](OC(C)=O)[C@@]2(O)C1)[C@@H]1CC[C@H]([C@H](C)CCCC(C)C)[C@@]1(C)CC3=O. The summed E-state index contributed by atoms with van der Waals surface area (Å²) in [6.45, 7) is 14.7. The highest BCUT2D eigenvalue weighted by Crippen LogP contribution is 2.66.